The fourth-order valence-electron chi connectivity index (χ4n) is 1.76. The molecule has 0 radical (unpaired) electrons. The summed E-state index contributed by atoms with van der Waals surface area (Å²) < 4.78 is 6.38. The van der Waals surface area contributed by atoms with Crippen LogP contribution in [0.2, 0.25) is 4.34 Å². The van der Waals surface area contributed by atoms with Crippen LogP contribution in [0.15, 0.2) is 11.4 Å². The molecule has 0 amide bonds. The van der Waals surface area contributed by atoms with Crippen LogP contribution in [0.25, 0.3) is 0 Å². The van der Waals surface area contributed by atoms with Crippen molar-refractivity contribution in [3.8, 4) is 0 Å². The number of morpholine rings is 1. The molecule has 16 heavy (non-hydrogen) atoms. The van der Waals surface area contributed by atoms with E-state index >= 15 is 0 Å². The first-order valence-corrected chi connectivity index (χ1v) is 6.19. The van der Waals surface area contributed by atoms with E-state index in [2.05, 4.69) is 5.32 Å². The molecule has 0 aliphatic carbocycles. The third-order valence-corrected chi connectivity index (χ3v) is 3.71. The van der Waals surface area contributed by atoms with E-state index in [1.54, 1.807) is 6.92 Å². The SMILES string of the molecule is CC1OC(c2csc(Cl)c2)CNC1C(=O)O. The summed E-state index contributed by atoms with van der Waals surface area (Å²) in [7, 11) is 0. The van der Waals surface area contributed by atoms with Gasteiger partial charge in [-0.25, -0.2) is 0 Å². The first-order valence-electron chi connectivity index (χ1n) is 4.93. The Bertz CT molecular complexity index is 395. The van der Waals surface area contributed by atoms with Gasteiger partial charge in [-0.2, -0.15) is 0 Å². The number of hydrogen-bond acceptors (Lipinski definition) is 4. The first kappa shape index (κ1) is 11.9. The molecule has 0 aromatic carbocycles. The molecule has 88 valence electrons. The Kier molecular flexibility index (Phi) is 3.49. The number of nitrogens with one attached hydrogen (secondary N) is 1. The highest BCUT2D eigenvalue weighted by atomic mass is 35.5. The van der Waals surface area contributed by atoms with Gasteiger partial charge in [0, 0.05) is 6.54 Å². The van der Waals surface area contributed by atoms with Crippen LogP contribution >= 0.6 is 22.9 Å². The lowest BCUT2D eigenvalue weighted by molar-refractivity contribution is -0.149. The zero-order valence-electron chi connectivity index (χ0n) is 8.64. The molecule has 1 aliphatic rings. The Labute approximate surface area is 102 Å². The number of rotatable bonds is 2. The van der Waals surface area contributed by atoms with Crippen LogP contribution < -0.4 is 5.32 Å². The molecule has 1 aliphatic heterocycles. The van der Waals surface area contributed by atoms with E-state index < -0.39 is 12.0 Å². The monoisotopic (exact) mass is 261 g/mol. The van der Waals surface area contributed by atoms with E-state index in [4.69, 9.17) is 21.4 Å². The second-order valence-electron chi connectivity index (χ2n) is 3.74. The van der Waals surface area contributed by atoms with E-state index in [9.17, 15) is 4.79 Å². The molecule has 6 heteroatoms. The van der Waals surface area contributed by atoms with Gasteiger partial charge in [0.2, 0.25) is 0 Å². The number of carboxylic acids is 1. The minimum atomic E-state index is -0.880. The van der Waals surface area contributed by atoms with Crippen LogP contribution in [-0.2, 0) is 9.53 Å². The maximum Gasteiger partial charge on any atom is 0.323 e. The summed E-state index contributed by atoms with van der Waals surface area (Å²) in [6, 6.07) is 1.22. The number of ether oxygens (including phenoxy) is 1. The van der Waals surface area contributed by atoms with Gasteiger partial charge in [0.25, 0.3) is 0 Å². The van der Waals surface area contributed by atoms with Crippen molar-refractivity contribution in [1.29, 1.82) is 0 Å². The average molecular weight is 262 g/mol. The van der Waals surface area contributed by atoms with Gasteiger partial charge in [0.1, 0.15) is 6.04 Å². The van der Waals surface area contributed by atoms with Crippen LogP contribution in [0.5, 0.6) is 0 Å². The number of carbonyl (C=O) groups is 1. The quantitative estimate of drug-likeness (QED) is 0.854. The largest absolute Gasteiger partial charge is 0.480 e. The Morgan fingerprint density at radius 2 is 2.50 bits per heavy atom. The number of halogens is 1. The van der Waals surface area contributed by atoms with E-state index in [0.717, 1.165) is 5.56 Å². The Morgan fingerprint density at radius 3 is 3.00 bits per heavy atom. The molecule has 0 bridgehead atoms. The molecule has 0 saturated carbocycles. The van der Waals surface area contributed by atoms with Gasteiger partial charge in [-0.1, -0.05) is 11.6 Å². The maximum atomic E-state index is 10.9. The van der Waals surface area contributed by atoms with E-state index in [1.165, 1.54) is 11.3 Å². The van der Waals surface area contributed by atoms with Crippen LogP contribution in [0.1, 0.15) is 18.6 Å². The lowest BCUT2D eigenvalue weighted by Gasteiger charge is -2.33. The van der Waals surface area contributed by atoms with Gasteiger partial charge >= 0.3 is 5.97 Å². The second-order valence-corrected chi connectivity index (χ2v) is 5.28. The molecule has 1 aromatic heterocycles. The Balaban J connectivity index is 2.05. The van der Waals surface area contributed by atoms with Crippen molar-refractivity contribution in [2.24, 2.45) is 0 Å². The summed E-state index contributed by atoms with van der Waals surface area (Å²) in [5, 5.41) is 13.8. The van der Waals surface area contributed by atoms with Crippen molar-refractivity contribution in [3.05, 3.63) is 21.3 Å². The number of thiophene rings is 1. The third-order valence-electron chi connectivity index (χ3n) is 2.60. The Hall–Kier alpha value is -0.620. The van der Waals surface area contributed by atoms with Crippen LogP contribution in [0.3, 0.4) is 0 Å². The lowest BCUT2D eigenvalue weighted by Crippen LogP contribution is -2.52. The Morgan fingerprint density at radius 1 is 1.75 bits per heavy atom. The van der Waals surface area contributed by atoms with Crippen LogP contribution in [0, 0.1) is 0 Å². The smallest absolute Gasteiger partial charge is 0.323 e. The topological polar surface area (TPSA) is 58.6 Å². The molecule has 3 unspecified atom stereocenters. The number of aliphatic carboxylic acids is 1. The van der Waals surface area contributed by atoms with Gasteiger partial charge < -0.3 is 9.84 Å². The normalized spacial score (nSPS) is 30.2. The molecule has 0 spiro atoms. The minimum Gasteiger partial charge on any atom is -0.480 e. The van der Waals surface area contributed by atoms with Crippen molar-refractivity contribution < 1.29 is 14.6 Å². The standard InChI is InChI=1S/C10H12ClNO3S/c1-5-9(10(13)14)12-3-7(15-5)6-2-8(11)16-4-6/h2,4-5,7,9,12H,3H2,1H3,(H,13,14). The first-order chi connectivity index (χ1) is 7.58. The molecule has 4 nitrogen and oxygen atoms in total. The number of carboxylic acid groups (broad SMARTS) is 1. The summed E-state index contributed by atoms with van der Waals surface area (Å²) in [5.41, 5.74) is 0.998. The van der Waals surface area contributed by atoms with Gasteiger partial charge in [-0.3, -0.25) is 10.1 Å². The van der Waals surface area contributed by atoms with E-state index in [0.29, 0.717) is 10.9 Å². The van der Waals surface area contributed by atoms with Gasteiger partial charge in [0.15, 0.2) is 0 Å². The van der Waals surface area contributed by atoms with E-state index in [-0.39, 0.29) is 12.2 Å². The molecular weight excluding hydrogens is 250 g/mol. The highest BCUT2D eigenvalue weighted by Crippen LogP contribution is 2.29. The lowest BCUT2D eigenvalue weighted by atomic mass is 10.1. The molecule has 2 heterocycles. The molecule has 1 fully saturated rings. The zero-order valence-corrected chi connectivity index (χ0v) is 10.2. The number of hydrogen-bond donors (Lipinski definition) is 2. The van der Waals surface area contributed by atoms with E-state index in [1.807, 2.05) is 11.4 Å². The maximum absolute atomic E-state index is 10.9. The fourth-order valence-corrected chi connectivity index (χ4v) is 2.69. The van der Waals surface area contributed by atoms with Crippen molar-refractivity contribution in [2.45, 2.75) is 25.2 Å². The van der Waals surface area contributed by atoms with Crippen molar-refractivity contribution in [3.63, 3.8) is 0 Å². The van der Waals surface area contributed by atoms with Crippen molar-refractivity contribution >= 4 is 28.9 Å². The highest BCUT2D eigenvalue weighted by molar-refractivity contribution is 7.14. The highest BCUT2D eigenvalue weighted by Gasteiger charge is 2.33. The molecule has 2 N–H and O–H groups in total. The summed E-state index contributed by atoms with van der Waals surface area (Å²) in [4.78, 5) is 10.9. The van der Waals surface area contributed by atoms with Crippen LogP contribution in [-0.4, -0.2) is 29.8 Å². The molecule has 2 rings (SSSR count). The molecule has 1 aromatic rings. The predicted molar refractivity (Wildman–Crippen MR) is 62.0 cm³/mol. The molecular formula is C10H12ClNO3S. The summed E-state index contributed by atoms with van der Waals surface area (Å²) in [5.74, 6) is -0.880. The molecule has 1 saturated heterocycles. The van der Waals surface area contributed by atoms with Gasteiger partial charge in [0.05, 0.1) is 16.5 Å². The average Bonchev–Trinajstić information content (AvgIpc) is 2.64. The summed E-state index contributed by atoms with van der Waals surface area (Å²) in [6.45, 7) is 2.25. The van der Waals surface area contributed by atoms with Crippen molar-refractivity contribution in [2.75, 3.05) is 6.54 Å². The van der Waals surface area contributed by atoms with Gasteiger partial charge in [-0.05, 0) is 23.9 Å². The predicted octanol–water partition coefficient (Wildman–Crippen LogP) is 1.90. The summed E-state index contributed by atoms with van der Waals surface area (Å²) >= 11 is 7.29. The van der Waals surface area contributed by atoms with Crippen LogP contribution in [0.4, 0.5) is 0 Å². The second kappa shape index (κ2) is 4.71. The fraction of sp³-hybridized carbons (Fsp3) is 0.500. The minimum absolute atomic E-state index is 0.116. The zero-order chi connectivity index (χ0) is 11.7. The third kappa shape index (κ3) is 2.38. The molecule has 3 atom stereocenters. The van der Waals surface area contributed by atoms with Gasteiger partial charge in [-0.15, -0.1) is 11.3 Å². The van der Waals surface area contributed by atoms with Crippen molar-refractivity contribution in [1.82, 2.24) is 5.32 Å². The summed E-state index contributed by atoms with van der Waals surface area (Å²) in [6.07, 6.45) is -0.468.